The molecule has 24 heavy (non-hydrogen) atoms. The number of hydrogen-bond acceptors (Lipinski definition) is 6. The minimum absolute atomic E-state index is 0.137. The number of aromatic nitrogens is 1. The average molecular weight is 342 g/mol. The minimum atomic E-state index is -4.44. The van der Waals surface area contributed by atoms with E-state index in [4.69, 9.17) is 5.73 Å². The number of pyridine rings is 1. The van der Waals surface area contributed by atoms with Crippen molar-refractivity contribution in [2.24, 2.45) is 0 Å². The molecular formula is C14H13F3N4O3. The van der Waals surface area contributed by atoms with Gasteiger partial charge in [0.1, 0.15) is 5.69 Å². The molecule has 0 fully saturated rings. The fraction of sp³-hybridized carbons (Fsp3) is 0.214. The van der Waals surface area contributed by atoms with Crippen LogP contribution >= 0.6 is 0 Å². The Kier molecular flexibility index (Phi) is 5.07. The summed E-state index contributed by atoms with van der Waals surface area (Å²) in [6.07, 6.45) is -3.12. The van der Waals surface area contributed by atoms with E-state index < -0.39 is 17.7 Å². The molecule has 3 N–H and O–H groups in total. The summed E-state index contributed by atoms with van der Waals surface area (Å²) in [5.74, 6) is -0.161. The van der Waals surface area contributed by atoms with Gasteiger partial charge in [0.2, 0.25) is 5.88 Å². The number of rotatable bonds is 6. The number of anilines is 2. The van der Waals surface area contributed by atoms with E-state index in [0.29, 0.717) is 11.3 Å². The zero-order chi connectivity index (χ0) is 17.7. The van der Waals surface area contributed by atoms with Crippen LogP contribution in [0.4, 0.5) is 30.2 Å². The Hall–Kier alpha value is -3.04. The number of benzene rings is 1. The summed E-state index contributed by atoms with van der Waals surface area (Å²) in [5, 5.41) is 13.8. The van der Waals surface area contributed by atoms with Crippen LogP contribution in [0.5, 0.6) is 5.88 Å². The highest BCUT2D eigenvalue weighted by molar-refractivity contribution is 5.67. The molecule has 7 nitrogen and oxygen atoms in total. The molecule has 0 saturated carbocycles. The Bertz CT molecular complexity index is 720. The van der Waals surface area contributed by atoms with Crippen molar-refractivity contribution >= 4 is 17.1 Å². The standard InChI is InChI=1S/C14H13F3N4O3/c15-14(16,17)8-24-13-4-1-9(7-20-13)6-19-11-5-10(18)2-3-12(11)21(22)23/h1-5,7,19H,6,8,18H2. The normalized spacial score (nSPS) is 11.1. The van der Waals surface area contributed by atoms with Gasteiger partial charge in [0, 0.05) is 30.6 Å². The lowest BCUT2D eigenvalue weighted by atomic mass is 10.2. The van der Waals surface area contributed by atoms with Crippen LogP contribution in [0.15, 0.2) is 36.5 Å². The fourth-order valence-corrected chi connectivity index (χ4v) is 1.81. The van der Waals surface area contributed by atoms with Gasteiger partial charge >= 0.3 is 6.18 Å². The van der Waals surface area contributed by atoms with E-state index in [9.17, 15) is 23.3 Å². The number of nitro groups is 1. The maximum atomic E-state index is 12.0. The number of nitro benzene ring substituents is 1. The third-order valence-corrected chi connectivity index (χ3v) is 2.88. The van der Waals surface area contributed by atoms with Crippen LogP contribution in [-0.4, -0.2) is 22.7 Å². The Balaban J connectivity index is 2.00. The van der Waals surface area contributed by atoms with Crippen molar-refractivity contribution in [3.63, 3.8) is 0 Å². The van der Waals surface area contributed by atoms with Crippen molar-refractivity contribution in [2.45, 2.75) is 12.7 Å². The Morgan fingerprint density at radius 1 is 1.29 bits per heavy atom. The molecule has 1 aromatic carbocycles. The maximum Gasteiger partial charge on any atom is 0.422 e. The zero-order valence-electron chi connectivity index (χ0n) is 12.2. The molecule has 0 spiro atoms. The molecule has 0 saturated heterocycles. The van der Waals surface area contributed by atoms with Gasteiger partial charge in [0.05, 0.1) is 4.92 Å². The molecule has 0 unspecified atom stereocenters. The molecule has 0 aliphatic rings. The Morgan fingerprint density at radius 2 is 2.04 bits per heavy atom. The smallest absolute Gasteiger partial charge is 0.422 e. The van der Waals surface area contributed by atoms with Crippen molar-refractivity contribution in [1.82, 2.24) is 4.98 Å². The number of alkyl halides is 3. The molecule has 0 bridgehead atoms. The molecule has 2 aromatic rings. The van der Waals surface area contributed by atoms with Gasteiger partial charge in [0.25, 0.3) is 5.69 Å². The first-order valence-electron chi connectivity index (χ1n) is 6.67. The van der Waals surface area contributed by atoms with Gasteiger partial charge in [-0.25, -0.2) is 4.98 Å². The quantitative estimate of drug-likeness (QED) is 0.475. The zero-order valence-corrected chi connectivity index (χ0v) is 12.2. The summed E-state index contributed by atoms with van der Waals surface area (Å²) in [4.78, 5) is 14.1. The molecule has 0 aliphatic heterocycles. The second kappa shape index (κ2) is 7.02. The molecule has 0 radical (unpaired) electrons. The SMILES string of the molecule is Nc1ccc([N+](=O)[O-])c(NCc2ccc(OCC(F)(F)F)nc2)c1. The second-order valence-electron chi connectivity index (χ2n) is 4.80. The number of nitrogens with one attached hydrogen (secondary N) is 1. The van der Waals surface area contributed by atoms with E-state index in [1.807, 2.05) is 0 Å². The number of hydrogen-bond donors (Lipinski definition) is 2. The molecule has 0 atom stereocenters. The third kappa shape index (κ3) is 5.00. The van der Waals surface area contributed by atoms with Crippen molar-refractivity contribution in [2.75, 3.05) is 17.7 Å². The molecule has 1 heterocycles. The summed E-state index contributed by atoms with van der Waals surface area (Å²) < 4.78 is 40.6. The molecular weight excluding hydrogens is 329 g/mol. The molecule has 10 heteroatoms. The lowest BCUT2D eigenvalue weighted by molar-refractivity contribution is -0.383. The van der Waals surface area contributed by atoms with Crippen LogP contribution in [0.25, 0.3) is 0 Å². The van der Waals surface area contributed by atoms with Crippen molar-refractivity contribution < 1.29 is 22.8 Å². The van der Waals surface area contributed by atoms with Gasteiger partial charge in [-0.1, -0.05) is 6.07 Å². The summed E-state index contributed by atoms with van der Waals surface area (Å²) in [7, 11) is 0. The monoisotopic (exact) mass is 342 g/mol. The van der Waals surface area contributed by atoms with Gasteiger partial charge in [0.15, 0.2) is 6.61 Å². The highest BCUT2D eigenvalue weighted by Gasteiger charge is 2.28. The van der Waals surface area contributed by atoms with Crippen LogP contribution in [0.1, 0.15) is 5.56 Å². The van der Waals surface area contributed by atoms with Gasteiger partial charge in [-0.15, -0.1) is 0 Å². The lowest BCUT2D eigenvalue weighted by Gasteiger charge is -2.10. The van der Waals surface area contributed by atoms with E-state index >= 15 is 0 Å². The molecule has 1 aromatic heterocycles. The van der Waals surface area contributed by atoms with Crippen LogP contribution in [0.3, 0.4) is 0 Å². The van der Waals surface area contributed by atoms with Crippen molar-refractivity contribution in [3.8, 4) is 5.88 Å². The highest BCUT2D eigenvalue weighted by atomic mass is 19.4. The number of nitrogens with two attached hydrogens (primary N) is 1. The number of ether oxygens (including phenoxy) is 1. The molecule has 0 amide bonds. The first-order chi connectivity index (χ1) is 11.2. The van der Waals surface area contributed by atoms with Gasteiger partial charge in [-0.3, -0.25) is 10.1 Å². The second-order valence-corrected chi connectivity index (χ2v) is 4.80. The molecule has 0 aliphatic carbocycles. The maximum absolute atomic E-state index is 12.0. The fourth-order valence-electron chi connectivity index (χ4n) is 1.81. The number of nitrogens with zero attached hydrogens (tertiary/aromatic N) is 2. The van der Waals surface area contributed by atoms with E-state index in [0.717, 1.165) is 0 Å². The topological polar surface area (TPSA) is 103 Å². The highest BCUT2D eigenvalue weighted by Crippen LogP contribution is 2.27. The van der Waals surface area contributed by atoms with E-state index in [-0.39, 0.29) is 23.8 Å². The van der Waals surface area contributed by atoms with Gasteiger partial charge in [-0.05, 0) is 17.7 Å². The lowest BCUT2D eigenvalue weighted by Crippen LogP contribution is -2.19. The Morgan fingerprint density at radius 3 is 2.62 bits per heavy atom. The summed E-state index contributed by atoms with van der Waals surface area (Å²) in [6, 6.07) is 6.91. The summed E-state index contributed by atoms with van der Waals surface area (Å²) in [5.41, 5.74) is 6.66. The summed E-state index contributed by atoms with van der Waals surface area (Å²) >= 11 is 0. The first-order valence-corrected chi connectivity index (χ1v) is 6.67. The predicted molar refractivity (Wildman–Crippen MR) is 80.6 cm³/mol. The van der Waals surface area contributed by atoms with Crippen LogP contribution in [0, 0.1) is 10.1 Å². The number of nitrogen functional groups attached to an aromatic ring is 1. The van der Waals surface area contributed by atoms with Crippen LogP contribution in [-0.2, 0) is 6.54 Å². The van der Waals surface area contributed by atoms with Gasteiger partial charge < -0.3 is 15.8 Å². The van der Waals surface area contributed by atoms with E-state index in [2.05, 4.69) is 15.0 Å². The van der Waals surface area contributed by atoms with Crippen LogP contribution in [0.2, 0.25) is 0 Å². The van der Waals surface area contributed by atoms with Crippen LogP contribution < -0.4 is 15.8 Å². The predicted octanol–water partition coefficient (Wildman–Crippen LogP) is 3.13. The Labute approximate surface area is 134 Å². The first kappa shape index (κ1) is 17.3. The minimum Gasteiger partial charge on any atom is -0.468 e. The van der Waals surface area contributed by atoms with Crippen molar-refractivity contribution in [3.05, 3.63) is 52.2 Å². The molecule has 2 rings (SSSR count). The van der Waals surface area contributed by atoms with E-state index in [1.165, 1.54) is 36.5 Å². The van der Waals surface area contributed by atoms with Crippen molar-refractivity contribution in [1.29, 1.82) is 0 Å². The average Bonchev–Trinajstić information content (AvgIpc) is 2.51. The molecule has 128 valence electrons. The largest absolute Gasteiger partial charge is 0.468 e. The number of halogens is 3. The van der Waals surface area contributed by atoms with E-state index in [1.54, 1.807) is 0 Å². The van der Waals surface area contributed by atoms with Gasteiger partial charge in [-0.2, -0.15) is 13.2 Å². The summed E-state index contributed by atoms with van der Waals surface area (Å²) in [6.45, 7) is -1.25. The third-order valence-electron chi connectivity index (χ3n) is 2.88.